The summed E-state index contributed by atoms with van der Waals surface area (Å²) in [6, 6.07) is 1.72. The summed E-state index contributed by atoms with van der Waals surface area (Å²) in [5.41, 5.74) is 0.286. The van der Waals surface area contributed by atoms with E-state index in [0.29, 0.717) is 12.1 Å². The number of hydrogen-bond donors (Lipinski definition) is 1. The van der Waals surface area contributed by atoms with E-state index in [1.54, 1.807) is 0 Å². The van der Waals surface area contributed by atoms with Crippen molar-refractivity contribution >= 4 is 0 Å². The molecule has 0 fully saturated rings. The molecule has 104 valence electrons. The summed E-state index contributed by atoms with van der Waals surface area (Å²) in [5, 5.41) is 1.81. The summed E-state index contributed by atoms with van der Waals surface area (Å²) >= 11 is 0. The van der Waals surface area contributed by atoms with E-state index < -0.39 is 29.2 Å². The van der Waals surface area contributed by atoms with Crippen molar-refractivity contribution in [1.29, 1.82) is 0 Å². The minimum absolute atomic E-state index is 0.0224. The fourth-order valence-electron chi connectivity index (χ4n) is 1.49. The van der Waals surface area contributed by atoms with Crippen molar-refractivity contribution in [2.24, 2.45) is 0 Å². The molecule has 0 spiro atoms. The zero-order valence-electron chi connectivity index (χ0n) is 10.3. The van der Waals surface area contributed by atoms with Gasteiger partial charge in [-0.15, -0.1) is 0 Å². The first-order valence-corrected chi connectivity index (χ1v) is 5.40. The molecule has 0 amide bonds. The monoisotopic (exact) mass is 277 g/mol. The maximum absolute atomic E-state index is 13.4. The Kier molecular flexibility index (Phi) is 5.09. The lowest BCUT2D eigenvalue weighted by Crippen LogP contribution is -2.03. The molecule has 0 saturated heterocycles. The van der Waals surface area contributed by atoms with Crippen molar-refractivity contribution in [1.82, 2.24) is 5.32 Å². The van der Waals surface area contributed by atoms with Crippen LogP contribution >= 0.6 is 0 Å². The Morgan fingerprint density at radius 2 is 1.84 bits per heavy atom. The van der Waals surface area contributed by atoms with E-state index in [9.17, 15) is 22.0 Å². The van der Waals surface area contributed by atoms with Gasteiger partial charge in [0.15, 0.2) is 5.83 Å². The molecule has 1 aromatic rings. The zero-order valence-corrected chi connectivity index (χ0v) is 10.3. The second-order valence-corrected chi connectivity index (χ2v) is 3.82. The molecule has 0 saturated carbocycles. The van der Waals surface area contributed by atoms with Crippen molar-refractivity contribution in [3.05, 3.63) is 58.6 Å². The first-order valence-electron chi connectivity index (χ1n) is 5.40. The Morgan fingerprint density at radius 1 is 1.21 bits per heavy atom. The minimum Gasteiger partial charge on any atom is -0.362 e. The molecular weight excluding hydrogens is 265 g/mol. The standard InChI is InChI=1S/C13H12F5N/c1-7-5-8(14)6-11(16)9(7)3-4-10(15)12(17)13(18)19-2/h4-6,19H,3H2,1-2H3/b10-4+,13-12+. The normalized spacial score (nSPS) is 13.3. The quantitative estimate of drug-likeness (QED) is 0.498. The molecule has 0 bridgehead atoms. The third-order valence-corrected chi connectivity index (χ3v) is 2.49. The van der Waals surface area contributed by atoms with E-state index in [1.807, 2.05) is 5.32 Å². The van der Waals surface area contributed by atoms with Crippen LogP contribution in [0.25, 0.3) is 0 Å². The second-order valence-electron chi connectivity index (χ2n) is 3.82. The van der Waals surface area contributed by atoms with Crippen molar-refractivity contribution in [3.8, 4) is 0 Å². The Morgan fingerprint density at radius 3 is 2.37 bits per heavy atom. The van der Waals surface area contributed by atoms with Gasteiger partial charge in [0.25, 0.3) is 0 Å². The molecule has 1 N–H and O–H groups in total. The van der Waals surface area contributed by atoms with Gasteiger partial charge in [0.1, 0.15) is 11.6 Å². The van der Waals surface area contributed by atoms with Gasteiger partial charge in [-0.25, -0.2) is 13.2 Å². The van der Waals surface area contributed by atoms with Crippen molar-refractivity contribution < 1.29 is 22.0 Å². The van der Waals surface area contributed by atoms with Crippen LogP contribution in [0, 0.1) is 18.6 Å². The van der Waals surface area contributed by atoms with Crippen LogP contribution in [-0.4, -0.2) is 7.05 Å². The fourth-order valence-corrected chi connectivity index (χ4v) is 1.49. The van der Waals surface area contributed by atoms with E-state index in [1.165, 1.54) is 6.92 Å². The highest BCUT2D eigenvalue weighted by atomic mass is 19.2. The molecule has 1 rings (SSSR count). The van der Waals surface area contributed by atoms with E-state index >= 15 is 0 Å². The SMILES string of the molecule is CN/C(F)=C(F)\C(F)=C/Cc1c(C)cc(F)cc1F. The van der Waals surface area contributed by atoms with Crippen molar-refractivity contribution in [2.45, 2.75) is 13.3 Å². The molecule has 0 radical (unpaired) electrons. The summed E-state index contributed by atoms with van der Waals surface area (Å²) in [6.07, 6.45) is 0.379. The lowest BCUT2D eigenvalue weighted by Gasteiger charge is -2.05. The Labute approximate surface area is 107 Å². The molecule has 0 aliphatic rings. The summed E-state index contributed by atoms with van der Waals surface area (Å²) in [7, 11) is 1.09. The Balaban J connectivity index is 3.00. The van der Waals surface area contributed by atoms with Crippen LogP contribution < -0.4 is 5.32 Å². The number of rotatable bonds is 4. The van der Waals surface area contributed by atoms with E-state index in [4.69, 9.17) is 0 Å². The molecule has 6 heteroatoms. The van der Waals surface area contributed by atoms with E-state index in [0.717, 1.165) is 13.1 Å². The molecule has 1 aromatic carbocycles. The third kappa shape index (κ3) is 3.81. The topological polar surface area (TPSA) is 12.0 Å². The molecule has 0 aliphatic heterocycles. The molecule has 0 atom stereocenters. The van der Waals surface area contributed by atoms with Crippen LogP contribution in [0.5, 0.6) is 0 Å². The predicted octanol–water partition coefficient (Wildman–Crippen LogP) is 4.00. The second kappa shape index (κ2) is 6.36. The number of allylic oxidation sites excluding steroid dienone is 3. The molecule has 0 aliphatic carbocycles. The lowest BCUT2D eigenvalue weighted by molar-refractivity contribution is 0.466. The maximum atomic E-state index is 13.4. The van der Waals surface area contributed by atoms with Gasteiger partial charge in [-0.1, -0.05) is 0 Å². The highest BCUT2D eigenvalue weighted by molar-refractivity contribution is 5.32. The number of benzene rings is 1. The average molecular weight is 277 g/mol. The third-order valence-electron chi connectivity index (χ3n) is 2.49. The molecule has 1 nitrogen and oxygen atoms in total. The Bertz CT molecular complexity index is 511. The summed E-state index contributed by atoms with van der Waals surface area (Å²) in [4.78, 5) is 0. The molecule has 19 heavy (non-hydrogen) atoms. The van der Waals surface area contributed by atoms with Gasteiger partial charge in [-0.2, -0.15) is 8.78 Å². The van der Waals surface area contributed by atoms with Crippen molar-refractivity contribution in [3.63, 3.8) is 0 Å². The summed E-state index contributed by atoms with van der Waals surface area (Å²) in [5.74, 6) is -6.21. The van der Waals surface area contributed by atoms with Crippen LogP contribution in [0.1, 0.15) is 11.1 Å². The molecule has 0 heterocycles. The summed E-state index contributed by atoms with van der Waals surface area (Å²) in [6.45, 7) is 1.44. The number of aryl methyl sites for hydroxylation is 1. The number of halogens is 5. The number of hydrogen-bond acceptors (Lipinski definition) is 1. The first-order chi connectivity index (χ1) is 8.86. The summed E-state index contributed by atoms with van der Waals surface area (Å²) < 4.78 is 65.2. The van der Waals surface area contributed by atoms with Crippen LogP contribution in [0.2, 0.25) is 0 Å². The van der Waals surface area contributed by atoms with Gasteiger partial charge < -0.3 is 5.32 Å². The highest BCUT2D eigenvalue weighted by Crippen LogP contribution is 2.21. The highest BCUT2D eigenvalue weighted by Gasteiger charge is 2.12. The van der Waals surface area contributed by atoms with Crippen LogP contribution in [0.3, 0.4) is 0 Å². The van der Waals surface area contributed by atoms with Gasteiger partial charge in [0.2, 0.25) is 11.8 Å². The fraction of sp³-hybridized carbons (Fsp3) is 0.231. The Hall–Kier alpha value is -1.85. The maximum Gasteiger partial charge on any atom is 0.226 e. The predicted molar refractivity (Wildman–Crippen MR) is 62.3 cm³/mol. The van der Waals surface area contributed by atoms with Crippen LogP contribution in [0.15, 0.2) is 35.8 Å². The van der Waals surface area contributed by atoms with Gasteiger partial charge in [0, 0.05) is 13.1 Å². The smallest absolute Gasteiger partial charge is 0.226 e. The largest absolute Gasteiger partial charge is 0.362 e. The van der Waals surface area contributed by atoms with Crippen molar-refractivity contribution in [2.75, 3.05) is 7.05 Å². The van der Waals surface area contributed by atoms with E-state index in [2.05, 4.69) is 0 Å². The number of nitrogens with one attached hydrogen (secondary N) is 1. The first kappa shape index (κ1) is 15.2. The molecular formula is C13H12F5N. The zero-order chi connectivity index (χ0) is 14.6. The van der Waals surface area contributed by atoms with E-state index in [-0.39, 0.29) is 17.5 Å². The molecule has 0 unspecified atom stereocenters. The minimum atomic E-state index is -1.69. The van der Waals surface area contributed by atoms with Crippen LogP contribution in [0.4, 0.5) is 22.0 Å². The molecule has 0 aromatic heterocycles. The average Bonchev–Trinajstić information content (AvgIpc) is 2.35. The van der Waals surface area contributed by atoms with Gasteiger partial charge in [0.05, 0.1) is 0 Å². The van der Waals surface area contributed by atoms with Gasteiger partial charge in [-0.05, 0) is 36.6 Å². The van der Waals surface area contributed by atoms with Gasteiger partial charge in [-0.3, -0.25) is 0 Å². The van der Waals surface area contributed by atoms with Gasteiger partial charge >= 0.3 is 0 Å². The lowest BCUT2D eigenvalue weighted by atomic mass is 10.0. The van der Waals surface area contributed by atoms with Crippen LogP contribution in [-0.2, 0) is 6.42 Å².